The molecule has 0 unspecified atom stereocenters. The average molecular weight is 270 g/mol. The van der Waals surface area contributed by atoms with E-state index >= 15 is 0 Å². The molecule has 1 aromatic heterocycles. The average Bonchev–Trinajstić information content (AvgIpc) is 2.55. The molecular weight excluding hydrogens is 258 g/mol. The van der Waals surface area contributed by atoms with Gasteiger partial charge < -0.3 is 4.57 Å². The van der Waals surface area contributed by atoms with E-state index in [9.17, 15) is 4.79 Å². The quantitative estimate of drug-likeness (QED) is 0.931. The number of thioether (sulfide) groups is 1. The molecule has 2 rings (SSSR count). The monoisotopic (exact) mass is 269 g/mol. The zero-order valence-electron chi connectivity index (χ0n) is 9.53. The molecule has 1 N–H and O–H groups in total. The molecule has 4 nitrogen and oxygen atoms in total. The molecule has 6 heteroatoms. The second-order valence-electron chi connectivity index (χ2n) is 3.61. The number of rotatable bonds is 3. The Morgan fingerprint density at radius 2 is 2.35 bits per heavy atom. The van der Waals surface area contributed by atoms with Crippen LogP contribution >= 0.6 is 23.4 Å². The number of aromatic nitrogens is 2. The van der Waals surface area contributed by atoms with Crippen molar-refractivity contribution in [1.82, 2.24) is 9.55 Å². The van der Waals surface area contributed by atoms with E-state index in [1.165, 1.54) is 11.8 Å². The Hall–Kier alpha value is -1.20. The molecule has 2 aromatic rings. The lowest BCUT2D eigenvalue weighted by molar-refractivity contribution is -0.113. The third kappa shape index (κ3) is 2.56. The number of imidazole rings is 1. The van der Waals surface area contributed by atoms with Gasteiger partial charge in [-0.2, -0.15) is 11.8 Å². The standard InChI is InChI=1S/C11H12ClN3OS/c1-15-9-4-3-7(12)5-8(9)13-11(15)14-10(16)6-17-2/h3-5H,6H2,1-2H3,(H,13,14,16). The lowest BCUT2D eigenvalue weighted by atomic mass is 10.3. The number of hydrogen-bond donors (Lipinski definition) is 1. The predicted octanol–water partition coefficient (Wildman–Crippen LogP) is 2.53. The molecule has 0 aliphatic heterocycles. The third-order valence-corrected chi connectivity index (χ3v) is 3.16. The first kappa shape index (κ1) is 12.3. The van der Waals surface area contributed by atoms with Crippen molar-refractivity contribution in [2.75, 3.05) is 17.3 Å². The van der Waals surface area contributed by atoms with Gasteiger partial charge in [0.15, 0.2) is 0 Å². The van der Waals surface area contributed by atoms with Crippen LogP contribution in [0.1, 0.15) is 0 Å². The van der Waals surface area contributed by atoms with Gasteiger partial charge in [0, 0.05) is 12.1 Å². The number of fused-ring (bicyclic) bond motifs is 1. The van der Waals surface area contributed by atoms with Crippen molar-refractivity contribution in [3.8, 4) is 0 Å². The Kier molecular flexibility index (Phi) is 3.59. The largest absolute Gasteiger partial charge is 0.313 e. The van der Waals surface area contributed by atoms with Crippen molar-refractivity contribution < 1.29 is 4.79 Å². The van der Waals surface area contributed by atoms with E-state index < -0.39 is 0 Å². The molecule has 0 fully saturated rings. The first-order chi connectivity index (χ1) is 8.11. The van der Waals surface area contributed by atoms with Gasteiger partial charge in [0.2, 0.25) is 11.9 Å². The topological polar surface area (TPSA) is 46.9 Å². The van der Waals surface area contributed by atoms with Gasteiger partial charge >= 0.3 is 0 Å². The van der Waals surface area contributed by atoms with Gasteiger partial charge in [0.1, 0.15) is 0 Å². The summed E-state index contributed by atoms with van der Waals surface area (Å²) in [5.41, 5.74) is 1.72. The predicted molar refractivity (Wildman–Crippen MR) is 72.7 cm³/mol. The minimum Gasteiger partial charge on any atom is -0.313 e. The normalized spacial score (nSPS) is 10.8. The van der Waals surface area contributed by atoms with Crippen LogP contribution in [0.25, 0.3) is 11.0 Å². The van der Waals surface area contributed by atoms with Crippen molar-refractivity contribution in [2.45, 2.75) is 0 Å². The van der Waals surface area contributed by atoms with Gasteiger partial charge in [-0.1, -0.05) is 11.6 Å². The Morgan fingerprint density at radius 3 is 3.06 bits per heavy atom. The fourth-order valence-corrected chi connectivity index (χ4v) is 2.08. The summed E-state index contributed by atoms with van der Waals surface area (Å²) in [6.45, 7) is 0. The number of aryl methyl sites for hydroxylation is 1. The first-order valence-corrected chi connectivity index (χ1v) is 6.80. The highest BCUT2D eigenvalue weighted by Gasteiger charge is 2.10. The number of carbonyl (C=O) groups excluding carboxylic acids is 1. The highest BCUT2D eigenvalue weighted by molar-refractivity contribution is 7.99. The zero-order valence-corrected chi connectivity index (χ0v) is 11.1. The molecule has 0 aliphatic carbocycles. The van der Waals surface area contributed by atoms with Crippen LogP contribution in [0.4, 0.5) is 5.95 Å². The minimum atomic E-state index is -0.0537. The molecule has 1 heterocycles. The van der Waals surface area contributed by atoms with Gasteiger partial charge in [-0.3, -0.25) is 10.1 Å². The molecule has 0 bridgehead atoms. The number of anilines is 1. The van der Waals surface area contributed by atoms with Crippen LogP contribution in [0.15, 0.2) is 18.2 Å². The molecule has 1 amide bonds. The Labute approximate surface area is 108 Å². The van der Waals surface area contributed by atoms with Crippen LogP contribution in [0.2, 0.25) is 5.02 Å². The van der Waals surface area contributed by atoms with Crippen LogP contribution in [0.5, 0.6) is 0 Å². The number of nitrogens with zero attached hydrogens (tertiary/aromatic N) is 2. The maximum Gasteiger partial charge on any atom is 0.236 e. The second-order valence-corrected chi connectivity index (χ2v) is 4.91. The smallest absolute Gasteiger partial charge is 0.236 e. The van der Waals surface area contributed by atoms with Crippen LogP contribution in [0, 0.1) is 0 Å². The van der Waals surface area contributed by atoms with Crippen LogP contribution in [0.3, 0.4) is 0 Å². The summed E-state index contributed by atoms with van der Waals surface area (Å²) < 4.78 is 1.84. The summed E-state index contributed by atoms with van der Waals surface area (Å²) in [5.74, 6) is 0.910. The number of benzene rings is 1. The van der Waals surface area contributed by atoms with E-state index in [0.29, 0.717) is 16.7 Å². The highest BCUT2D eigenvalue weighted by Crippen LogP contribution is 2.21. The number of amides is 1. The zero-order chi connectivity index (χ0) is 12.4. The highest BCUT2D eigenvalue weighted by atomic mass is 35.5. The van der Waals surface area contributed by atoms with Gasteiger partial charge in [0.25, 0.3) is 0 Å². The maximum atomic E-state index is 11.5. The number of carbonyl (C=O) groups is 1. The van der Waals surface area contributed by atoms with Crippen molar-refractivity contribution in [1.29, 1.82) is 0 Å². The summed E-state index contributed by atoms with van der Waals surface area (Å²) in [5, 5.41) is 3.41. The minimum absolute atomic E-state index is 0.0537. The van der Waals surface area contributed by atoms with E-state index in [1.54, 1.807) is 12.1 Å². The van der Waals surface area contributed by atoms with E-state index in [1.807, 2.05) is 23.9 Å². The van der Waals surface area contributed by atoms with Crippen molar-refractivity contribution in [3.05, 3.63) is 23.2 Å². The molecule has 0 atom stereocenters. The molecule has 17 heavy (non-hydrogen) atoms. The van der Waals surface area contributed by atoms with Crippen LogP contribution < -0.4 is 5.32 Å². The van der Waals surface area contributed by atoms with Gasteiger partial charge in [-0.25, -0.2) is 4.98 Å². The summed E-state index contributed by atoms with van der Waals surface area (Å²) in [4.78, 5) is 15.8. The molecule has 90 valence electrons. The third-order valence-electron chi connectivity index (χ3n) is 2.37. The molecule has 0 saturated carbocycles. The van der Waals surface area contributed by atoms with E-state index in [2.05, 4.69) is 10.3 Å². The summed E-state index contributed by atoms with van der Waals surface area (Å²) in [7, 11) is 1.86. The lowest BCUT2D eigenvalue weighted by Gasteiger charge is -2.03. The molecule has 0 spiro atoms. The molecule has 1 aromatic carbocycles. The number of hydrogen-bond acceptors (Lipinski definition) is 3. The molecular formula is C11H12ClN3OS. The lowest BCUT2D eigenvalue weighted by Crippen LogP contribution is -2.16. The Bertz CT molecular complexity index is 567. The fraction of sp³-hybridized carbons (Fsp3) is 0.273. The van der Waals surface area contributed by atoms with E-state index in [-0.39, 0.29) is 5.91 Å². The Morgan fingerprint density at radius 1 is 1.59 bits per heavy atom. The van der Waals surface area contributed by atoms with Gasteiger partial charge in [0.05, 0.1) is 16.8 Å². The van der Waals surface area contributed by atoms with Gasteiger partial charge in [-0.15, -0.1) is 0 Å². The second kappa shape index (κ2) is 4.98. The SMILES string of the molecule is CSCC(=O)Nc1nc2cc(Cl)ccc2n1C. The molecule has 0 radical (unpaired) electrons. The van der Waals surface area contributed by atoms with Crippen LogP contribution in [-0.4, -0.2) is 27.5 Å². The van der Waals surface area contributed by atoms with Crippen molar-refractivity contribution in [3.63, 3.8) is 0 Å². The first-order valence-electron chi connectivity index (χ1n) is 5.02. The van der Waals surface area contributed by atoms with Crippen LogP contribution in [-0.2, 0) is 11.8 Å². The summed E-state index contributed by atoms with van der Waals surface area (Å²) >= 11 is 7.37. The molecule has 0 saturated heterocycles. The van der Waals surface area contributed by atoms with Crippen molar-refractivity contribution >= 4 is 46.3 Å². The van der Waals surface area contributed by atoms with E-state index in [4.69, 9.17) is 11.6 Å². The summed E-state index contributed by atoms with van der Waals surface area (Å²) in [6, 6.07) is 5.47. The maximum absolute atomic E-state index is 11.5. The van der Waals surface area contributed by atoms with Gasteiger partial charge in [-0.05, 0) is 24.5 Å². The number of halogens is 1. The van der Waals surface area contributed by atoms with E-state index in [0.717, 1.165) is 11.0 Å². The number of nitrogens with one attached hydrogen (secondary N) is 1. The fourth-order valence-electron chi connectivity index (χ4n) is 1.58. The van der Waals surface area contributed by atoms with Crippen molar-refractivity contribution in [2.24, 2.45) is 7.05 Å². The summed E-state index contributed by atoms with van der Waals surface area (Å²) in [6.07, 6.45) is 1.88. The molecule has 0 aliphatic rings. The Balaban J connectivity index is 2.35.